The fraction of sp³-hybridized carbons (Fsp3) is 0.500. The minimum absolute atomic E-state index is 0.276. The predicted octanol–water partition coefficient (Wildman–Crippen LogP) is 2.69. The lowest BCUT2D eigenvalue weighted by atomic mass is 9.81. The van der Waals surface area contributed by atoms with E-state index in [1.807, 2.05) is 25.5 Å². The van der Waals surface area contributed by atoms with Crippen molar-refractivity contribution < 1.29 is 8.42 Å². The molecule has 0 radical (unpaired) electrons. The van der Waals surface area contributed by atoms with Gasteiger partial charge in [0.25, 0.3) is 0 Å². The summed E-state index contributed by atoms with van der Waals surface area (Å²) in [5.41, 5.74) is 2.84. The Bertz CT molecular complexity index is 951. The van der Waals surface area contributed by atoms with Gasteiger partial charge < -0.3 is 9.55 Å². The first-order valence-electron chi connectivity index (χ1n) is 8.06. The van der Waals surface area contributed by atoms with Gasteiger partial charge in [-0.1, -0.05) is 6.92 Å². The lowest BCUT2D eigenvalue weighted by Gasteiger charge is -2.36. The van der Waals surface area contributed by atoms with Crippen LogP contribution < -0.4 is 0 Å². The van der Waals surface area contributed by atoms with Crippen LogP contribution in [-0.2, 0) is 9.84 Å². The maximum Gasteiger partial charge on any atom is 0.150 e. The molecule has 0 bridgehead atoms. The average Bonchev–Trinajstić information content (AvgIpc) is 3.08. The Morgan fingerprint density at radius 3 is 2.96 bits per heavy atom. The zero-order chi connectivity index (χ0) is 16.0. The second kappa shape index (κ2) is 5.33. The van der Waals surface area contributed by atoms with Gasteiger partial charge in [0.1, 0.15) is 11.2 Å². The van der Waals surface area contributed by atoms with Gasteiger partial charge in [0.05, 0.1) is 23.8 Å². The largest absolute Gasteiger partial charge is 0.346 e. The van der Waals surface area contributed by atoms with E-state index in [1.54, 1.807) is 6.20 Å². The van der Waals surface area contributed by atoms with Crippen LogP contribution in [-0.4, -0.2) is 39.4 Å². The van der Waals surface area contributed by atoms with Crippen molar-refractivity contribution in [1.82, 2.24) is 19.5 Å². The molecule has 23 heavy (non-hydrogen) atoms. The van der Waals surface area contributed by atoms with Crippen molar-refractivity contribution in [3.8, 4) is 0 Å². The number of sulfone groups is 1. The molecule has 1 saturated carbocycles. The van der Waals surface area contributed by atoms with Gasteiger partial charge in [-0.15, -0.1) is 0 Å². The molecule has 0 aliphatic heterocycles. The van der Waals surface area contributed by atoms with E-state index in [0.29, 0.717) is 24.0 Å². The first kappa shape index (κ1) is 14.7. The molecule has 3 aromatic rings. The molecule has 0 spiro atoms. The quantitative estimate of drug-likeness (QED) is 0.779. The molecule has 0 unspecified atom stereocenters. The van der Waals surface area contributed by atoms with Crippen molar-refractivity contribution in [2.24, 2.45) is 5.92 Å². The summed E-state index contributed by atoms with van der Waals surface area (Å²) in [7, 11) is -2.89. The first-order chi connectivity index (χ1) is 11.1. The summed E-state index contributed by atoms with van der Waals surface area (Å²) in [6.45, 7) is 1.91. The molecule has 3 heterocycles. The highest BCUT2D eigenvalue weighted by Crippen LogP contribution is 2.41. The fourth-order valence-electron chi connectivity index (χ4n) is 3.63. The van der Waals surface area contributed by atoms with E-state index in [9.17, 15) is 8.42 Å². The maximum absolute atomic E-state index is 11.9. The molecule has 1 aliphatic rings. The Kier molecular flexibility index (Phi) is 3.41. The standard InChI is InChI=1S/C16H20N4O2S/c1-2-5-23(21,22)9-11-6-12(7-11)20-10-19-14-8-18-16-13(15(14)20)3-4-17-16/h3-4,8,10-12H,2,5-7,9H2,1H3,(H,17,18). The van der Waals surface area contributed by atoms with Crippen molar-refractivity contribution in [2.75, 3.05) is 11.5 Å². The monoisotopic (exact) mass is 332 g/mol. The van der Waals surface area contributed by atoms with Crippen LogP contribution >= 0.6 is 0 Å². The fourth-order valence-corrected chi connectivity index (χ4v) is 5.40. The van der Waals surface area contributed by atoms with Gasteiger partial charge in [-0.2, -0.15) is 0 Å². The number of nitrogens with zero attached hydrogens (tertiary/aromatic N) is 3. The molecule has 0 saturated heterocycles. The molecule has 0 atom stereocenters. The van der Waals surface area contributed by atoms with E-state index in [0.717, 1.165) is 34.9 Å². The Hall–Kier alpha value is -1.89. The summed E-state index contributed by atoms with van der Waals surface area (Å²) < 4.78 is 26.1. The highest BCUT2D eigenvalue weighted by atomic mass is 32.2. The van der Waals surface area contributed by atoms with Gasteiger partial charge in [0.2, 0.25) is 0 Å². The third-order valence-corrected chi connectivity index (χ3v) is 6.74. The average molecular weight is 332 g/mol. The van der Waals surface area contributed by atoms with E-state index in [1.165, 1.54) is 0 Å². The van der Waals surface area contributed by atoms with Gasteiger partial charge in [-0.05, 0) is 31.2 Å². The Morgan fingerprint density at radius 1 is 1.35 bits per heavy atom. The van der Waals surface area contributed by atoms with Crippen LogP contribution in [0.2, 0.25) is 0 Å². The number of rotatable bonds is 5. The van der Waals surface area contributed by atoms with E-state index >= 15 is 0 Å². The highest BCUT2D eigenvalue weighted by Gasteiger charge is 2.34. The summed E-state index contributed by atoms with van der Waals surface area (Å²) >= 11 is 0. The molecule has 0 amide bonds. The number of nitrogens with one attached hydrogen (secondary N) is 1. The van der Waals surface area contributed by atoms with Crippen molar-refractivity contribution in [3.05, 3.63) is 24.8 Å². The van der Waals surface area contributed by atoms with Gasteiger partial charge in [0.15, 0.2) is 9.84 Å². The number of hydrogen-bond donors (Lipinski definition) is 1. The molecule has 1 aliphatic carbocycles. The number of pyridine rings is 1. The lowest BCUT2D eigenvalue weighted by Crippen LogP contribution is -2.32. The van der Waals surface area contributed by atoms with Gasteiger partial charge >= 0.3 is 0 Å². The van der Waals surface area contributed by atoms with Crippen LogP contribution in [0.1, 0.15) is 32.2 Å². The Balaban J connectivity index is 1.57. The van der Waals surface area contributed by atoms with E-state index in [2.05, 4.69) is 19.5 Å². The number of hydrogen-bond acceptors (Lipinski definition) is 4. The highest BCUT2D eigenvalue weighted by molar-refractivity contribution is 7.91. The SMILES string of the molecule is CCCS(=O)(=O)CC1CC(n2cnc3cnc4[nH]ccc4c32)C1. The second-order valence-electron chi connectivity index (χ2n) is 6.49. The van der Waals surface area contributed by atoms with Crippen molar-refractivity contribution in [2.45, 2.75) is 32.2 Å². The molecular formula is C16H20N4O2S. The van der Waals surface area contributed by atoms with Crippen LogP contribution in [0.15, 0.2) is 24.8 Å². The van der Waals surface area contributed by atoms with E-state index in [-0.39, 0.29) is 5.92 Å². The van der Waals surface area contributed by atoms with Crippen LogP contribution in [0, 0.1) is 5.92 Å². The molecule has 7 heteroatoms. The van der Waals surface area contributed by atoms with Crippen molar-refractivity contribution in [3.63, 3.8) is 0 Å². The van der Waals surface area contributed by atoms with E-state index in [4.69, 9.17) is 0 Å². The third kappa shape index (κ3) is 2.52. The smallest absolute Gasteiger partial charge is 0.150 e. The molecule has 1 fully saturated rings. The molecule has 0 aromatic carbocycles. The predicted molar refractivity (Wildman–Crippen MR) is 90.1 cm³/mol. The van der Waals surface area contributed by atoms with Crippen LogP contribution in [0.3, 0.4) is 0 Å². The Labute approximate surface area is 134 Å². The molecular weight excluding hydrogens is 312 g/mol. The molecule has 122 valence electrons. The normalized spacial score (nSPS) is 21.8. The summed E-state index contributed by atoms with van der Waals surface area (Å²) in [5.74, 6) is 0.903. The number of fused-ring (bicyclic) bond motifs is 3. The summed E-state index contributed by atoms with van der Waals surface area (Å²) in [6.07, 6.45) is 8.04. The van der Waals surface area contributed by atoms with Gasteiger partial charge in [0, 0.05) is 23.4 Å². The minimum atomic E-state index is -2.89. The summed E-state index contributed by atoms with van der Waals surface area (Å²) in [5, 5.41) is 1.07. The topological polar surface area (TPSA) is 80.6 Å². The lowest BCUT2D eigenvalue weighted by molar-refractivity contribution is 0.222. The van der Waals surface area contributed by atoms with Gasteiger partial charge in [-0.25, -0.2) is 18.4 Å². The number of imidazole rings is 1. The van der Waals surface area contributed by atoms with Crippen LogP contribution in [0.4, 0.5) is 0 Å². The first-order valence-corrected chi connectivity index (χ1v) is 9.88. The number of H-pyrrole nitrogens is 1. The van der Waals surface area contributed by atoms with Gasteiger partial charge in [-0.3, -0.25) is 0 Å². The second-order valence-corrected chi connectivity index (χ2v) is 8.72. The van der Waals surface area contributed by atoms with Crippen LogP contribution in [0.5, 0.6) is 0 Å². The van der Waals surface area contributed by atoms with E-state index < -0.39 is 9.84 Å². The number of aromatic nitrogens is 4. The summed E-state index contributed by atoms with van der Waals surface area (Å²) in [6, 6.07) is 2.35. The van der Waals surface area contributed by atoms with Crippen LogP contribution in [0.25, 0.3) is 22.1 Å². The third-order valence-electron chi connectivity index (χ3n) is 4.73. The zero-order valence-corrected chi connectivity index (χ0v) is 13.9. The minimum Gasteiger partial charge on any atom is -0.346 e. The maximum atomic E-state index is 11.9. The molecule has 1 N–H and O–H groups in total. The number of aromatic amines is 1. The van der Waals surface area contributed by atoms with Crippen molar-refractivity contribution >= 4 is 31.9 Å². The zero-order valence-electron chi connectivity index (χ0n) is 13.1. The molecule has 3 aromatic heterocycles. The van der Waals surface area contributed by atoms with Crippen molar-refractivity contribution in [1.29, 1.82) is 0 Å². The molecule has 4 rings (SSSR count). The molecule has 6 nitrogen and oxygen atoms in total. The Morgan fingerprint density at radius 2 is 2.17 bits per heavy atom. The summed E-state index contributed by atoms with van der Waals surface area (Å²) in [4.78, 5) is 11.9.